The molecule has 2 aliphatic rings. The number of nitrogens with zero attached hydrogens (tertiary/aromatic N) is 1. The van der Waals surface area contributed by atoms with Crippen molar-refractivity contribution < 1.29 is 22.8 Å². The summed E-state index contributed by atoms with van der Waals surface area (Å²) >= 11 is 0. The van der Waals surface area contributed by atoms with Gasteiger partial charge in [0, 0.05) is 6.04 Å². The highest BCUT2D eigenvalue weighted by Gasteiger charge is 2.45. The van der Waals surface area contributed by atoms with Gasteiger partial charge in [-0.1, -0.05) is 44.9 Å². The lowest BCUT2D eigenvalue weighted by atomic mass is 10.0. The first-order chi connectivity index (χ1) is 14.4. The Kier molecular flexibility index (Phi) is 5.30. The summed E-state index contributed by atoms with van der Waals surface area (Å²) in [6.45, 7) is 3.76. The van der Waals surface area contributed by atoms with Crippen LogP contribution in [0.1, 0.15) is 71.4 Å². The van der Waals surface area contributed by atoms with E-state index in [1.54, 1.807) is 12.1 Å². The topological polar surface area (TPSA) is 49.4 Å². The van der Waals surface area contributed by atoms with Crippen LogP contribution in [-0.4, -0.2) is 17.9 Å². The summed E-state index contributed by atoms with van der Waals surface area (Å²) in [5, 5.41) is 2.88. The number of carbonyl (C=O) groups excluding carboxylic acids is 2. The maximum Gasteiger partial charge on any atom is 0.269 e. The average molecular weight is 416 g/mol. The third-order valence-electron chi connectivity index (χ3n) is 6.05. The fourth-order valence-corrected chi connectivity index (χ4v) is 4.51. The highest BCUT2D eigenvalue weighted by molar-refractivity contribution is 6.36. The standard InChI is InChI=1S/C23H23F3N2O2/c1-3-12-8-7-9-13(4-2)21(12)28-22(29)15-16(23(28)30)20(19(26)18(25)17(15)24)27-14-10-5-6-11-14/h7-9,14,27H,3-6,10-11H2,1-2H3. The Labute approximate surface area is 173 Å². The Morgan fingerprint density at radius 2 is 1.47 bits per heavy atom. The smallest absolute Gasteiger partial charge is 0.269 e. The second-order valence-corrected chi connectivity index (χ2v) is 7.77. The van der Waals surface area contributed by atoms with Crippen LogP contribution in [0.2, 0.25) is 0 Å². The van der Waals surface area contributed by atoms with Crippen LogP contribution >= 0.6 is 0 Å². The zero-order valence-corrected chi connectivity index (χ0v) is 16.9. The van der Waals surface area contributed by atoms with E-state index in [1.165, 1.54) is 0 Å². The van der Waals surface area contributed by atoms with Crippen molar-refractivity contribution in [1.82, 2.24) is 0 Å². The molecule has 1 saturated carbocycles. The highest BCUT2D eigenvalue weighted by Crippen LogP contribution is 2.41. The van der Waals surface area contributed by atoms with E-state index in [0.717, 1.165) is 41.7 Å². The Morgan fingerprint density at radius 3 is 2.03 bits per heavy atom. The van der Waals surface area contributed by atoms with Gasteiger partial charge in [-0.25, -0.2) is 18.1 Å². The Hall–Kier alpha value is -2.83. The van der Waals surface area contributed by atoms with Gasteiger partial charge in [0.2, 0.25) is 0 Å². The number of anilines is 2. The van der Waals surface area contributed by atoms with Crippen LogP contribution < -0.4 is 10.2 Å². The van der Waals surface area contributed by atoms with Crippen LogP contribution in [0.15, 0.2) is 18.2 Å². The molecule has 0 unspecified atom stereocenters. The number of benzene rings is 2. The molecule has 0 aromatic heterocycles. The molecule has 30 heavy (non-hydrogen) atoms. The molecule has 0 radical (unpaired) electrons. The van der Waals surface area contributed by atoms with Crippen molar-refractivity contribution in [3.05, 3.63) is 57.9 Å². The van der Waals surface area contributed by atoms with Crippen LogP contribution in [0.4, 0.5) is 24.5 Å². The minimum Gasteiger partial charge on any atom is -0.379 e. The lowest BCUT2D eigenvalue weighted by Crippen LogP contribution is -2.31. The highest BCUT2D eigenvalue weighted by atomic mass is 19.2. The summed E-state index contributed by atoms with van der Waals surface area (Å²) in [6, 6.07) is 5.24. The van der Waals surface area contributed by atoms with Crippen molar-refractivity contribution in [3.8, 4) is 0 Å². The van der Waals surface area contributed by atoms with Gasteiger partial charge in [-0.15, -0.1) is 0 Å². The maximum absolute atomic E-state index is 14.7. The molecule has 2 amide bonds. The fourth-order valence-electron chi connectivity index (χ4n) is 4.51. The van der Waals surface area contributed by atoms with Crippen molar-refractivity contribution in [3.63, 3.8) is 0 Å². The minimum absolute atomic E-state index is 0.153. The second kappa shape index (κ2) is 7.78. The molecule has 0 atom stereocenters. The minimum atomic E-state index is -1.74. The molecule has 1 aliphatic heterocycles. The zero-order valence-electron chi connectivity index (χ0n) is 16.9. The van der Waals surface area contributed by atoms with Crippen molar-refractivity contribution >= 4 is 23.2 Å². The lowest BCUT2D eigenvalue weighted by Gasteiger charge is -2.21. The summed E-state index contributed by atoms with van der Waals surface area (Å²) < 4.78 is 43.8. The van der Waals surface area contributed by atoms with Gasteiger partial charge in [-0.2, -0.15) is 0 Å². The fraction of sp³-hybridized carbons (Fsp3) is 0.391. The van der Waals surface area contributed by atoms with Crippen LogP contribution in [0, 0.1) is 17.5 Å². The third-order valence-corrected chi connectivity index (χ3v) is 6.05. The van der Waals surface area contributed by atoms with Gasteiger partial charge in [-0.3, -0.25) is 9.59 Å². The van der Waals surface area contributed by atoms with Gasteiger partial charge in [0.15, 0.2) is 17.5 Å². The summed E-state index contributed by atoms with van der Waals surface area (Å²) in [5.74, 6) is -6.61. The van der Waals surface area contributed by atoms with Crippen molar-refractivity contribution in [2.45, 2.75) is 58.4 Å². The molecular formula is C23H23F3N2O2. The summed E-state index contributed by atoms with van der Waals surface area (Å²) in [5.41, 5.74) is 0.305. The summed E-state index contributed by atoms with van der Waals surface area (Å²) in [6.07, 6.45) is 4.39. The first kappa shape index (κ1) is 20.4. The number of fused-ring (bicyclic) bond motifs is 1. The number of nitrogens with one attached hydrogen (secondary N) is 1. The molecule has 1 aliphatic carbocycles. The number of halogens is 3. The van der Waals surface area contributed by atoms with E-state index in [4.69, 9.17) is 0 Å². The maximum atomic E-state index is 14.7. The molecule has 0 spiro atoms. The molecule has 158 valence electrons. The van der Waals surface area contributed by atoms with Gasteiger partial charge in [0.25, 0.3) is 11.8 Å². The second-order valence-electron chi connectivity index (χ2n) is 7.77. The van der Waals surface area contributed by atoms with Crippen molar-refractivity contribution in [2.24, 2.45) is 0 Å². The predicted octanol–water partition coefficient (Wildman–Crippen LogP) is 5.38. The largest absolute Gasteiger partial charge is 0.379 e. The number of imide groups is 1. The SMILES string of the molecule is CCc1cccc(CC)c1N1C(=O)c2c(F)c(F)c(F)c(NC3CCCC3)c2C1=O. The average Bonchev–Trinajstić information content (AvgIpc) is 3.35. The van der Waals surface area contributed by atoms with Crippen LogP contribution in [-0.2, 0) is 12.8 Å². The number of amides is 2. The molecule has 4 nitrogen and oxygen atoms in total. The molecule has 1 fully saturated rings. The van der Waals surface area contributed by atoms with Crippen molar-refractivity contribution in [2.75, 3.05) is 10.2 Å². The number of hydrogen-bond donors (Lipinski definition) is 1. The molecular weight excluding hydrogens is 393 g/mol. The number of para-hydroxylation sites is 1. The van der Waals surface area contributed by atoms with Crippen LogP contribution in [0.25, 0.3) is 0 Å². The Morgan fingerprint density at radius 1 is 0.900 bits per heavy atom. The van der Waals surface area contributed by atoms with E-state index in [0.29, 0.717) is 18.5 Å². The van der Waals surface area contributed by atoms with Crippen LogP contribution in [0.5, 0.6) is 0 Å². The summed E-state index contributed by atoms with van der Waals surface area (Å²) in [4.78, 5) is 27.4. The molecule has 1 heterocycles. The van der Waals surface area contributed by atoms with Gasteiger partial charge >= 0.3 is 0 Å². The number of aryl methyl sites for hydroxylation is 2. The van der Waals surface area contributed by atoms with Gasteiger partial charge in [0.1, 0.15) is 0 Å². The molecule has 0 saturated heterocycles. The molecule has 2 aromatic rings. The van der Waals surface area contributed by atoms with Gasteiger partial charge in [0.05, 0.1) is 22.5 Å². The zero-order chi connectivity index (χ0) is 21.6. The first-order valence-corrected chi connectivity index (χ1v) is 10.4. The van der Waals surface area contributed by atoms with E-state index in [-0.39, 0.29) is 6.04 Å². The molecule has 7 heteroatoms. The molecule has 0 bridgehead atoms. The van der Waals surface area contributed by atoms with Crippen LogP contribution in [0.3, 0.4) is 0 Å². The Bertz CT molecular complexity index is 1020. The molecule has 1 N–H and O–H groups in total. The third kappa shape index (κ3) is 2.99. The normalized spacial score (nSPS) is 16.5. The number of carbonyl (C=O) groups is 2. The Balaban J connectivity index is 1.91. The predicted molar refractivity (Wildman–Crippen MR) is 109 cm³/mol. The molecule has 2 aromatic carbocycles. The lowest BCUT2D eigenvalue weighted by molar-refractivity contribution is 0.0924. The summed E-state index contributed by atoms with van der Waals surface area (Å²) in [7, 11) is 0. The first-order valence-electron chi connectivity index (χ1n) is 10.4. The van der Waals surface area contributed by atoms with Crippen molar-refractivity contribution in [1.29, 1.82) is 0 Å². The molecule has 4 rings (SSSR count). The number of rotatable bonds is 5. The van der Waals surface area contributed by atoms with E-state index in [2.05, 4.69) is 5.32 Å². The van der Waals surface area contributed by atoms with Gasteiger partial charge in [-0.05, 0) is 36.8 Å². The quantitative estimate of drug-likeness (QED) is 0.526. The van der Waals surface area contributed by atoms with Gasteiger partial charge < -0.3 is 5.32 Å². The van der Waals surface area contributed by atoms with E-state index < -0.39 is 46.1 Å². The monoisotopic (exact) mass is 416 g/mol. The number of hydrogen-bond acceptors (Lipinski definition) is 3. The van der Waals surface area contributed by atoms with E-state index >= 15 is 0 Å². The van der Waals surface area contributed by atoms with E-state index in [1.807, 2.05) is 19.9 Å². The van der Waals surface area contributed by atoms with E-state index in [9.17, 15) is 22.8 Å².